The molecule has 1 unspecified atom stereocenters. The van der Waals surface area contributed by atoms with Gasteiger partial charge in [-0.15, -0.1) is 0 Å². The Balaban J connectivity index is 3.04. The Morgan fingerprint density at radius 2 is 2.00 bits per heavy atom. The highest BCUT2D eigenvalue weighted by atomic mass is 32.2. The van der Waals surface area contributed by atoms with E-state index in [0.717, 1.165) is 6.26 Å². The number of hydrogen-bond donors (Lipinski definition) is 0. The van der Waals surface area contributed by atoms with Crippen LogP contribution in [0.15, 0.2) is 18.2 Å². The van der Waals surface area contributed by atoms with Crippen molar-refractivity contribution in [3.05, 3.63) is 29.3 Å². The monoisotopic (exact) mass is 262 g/mol. The molecule has 0 heterocycles. The number of halogens is 1. The molecular weight excluding hydrogens is 247 g/mol. The van der Waals surface area contributed by atoms with Crippen LogP contribution in [-0.4, -0.2) is 21.8 Å². The van der Waals surface area contributed by atoms with Gasteiger partial charge in [-0.2, -0.15) is 8.42 Å². The lowest BCUT2D eigenvalue weighted by Gasteiger charge is -2.13. The predicted octanol–water partition coefficient (Wildman–Crippen LogP) is 2.20. The van der Waals surface area contributed by atoms with E-state index in [1.807, 2.05) is 0 Å². The van der Waals surface area contributed by atoms with E-state index in [1.54, 1.807) is 25.1 Å². The molecule has 0 N–H and O–H groups in total. The largest absolute Gasteiger partial charge is 0.497 e. The molecule has 0 spiro atoms. The summed E-state index contributed by atoms with van der Waals surface area (Å²) in [5, 5.41) is 0. The molecule has 4 nitrogen and oxygen atoms in total. The quantitative estimate of drug-likeness (QED) is 0.763. The fraction of sp³-hybridized carbons (Fsp3) is 0.455. The highest BCUT2D eigenvalue weighted by Gasteiger charge is 2.14. The first-order valence-corrected chi connectivity index (χ1v) is 6.79. The average Bonchev–Trinajstić information content (AvgIpc) is 2.26. The molecule has 0 fully saturated rings. The van der Waals surface area contributed by atoms with E-state index in [1.165, 1.54) is 7.11 Å². The van der Waals surface area contributed by atoms with Crippen molar-refractivity contribution in [2.45, 2.75) is 19.7 Å². The molecule has 0 bridgehead atoms. The molecule has 0 aromatic heterocycles. The zero-order valence-corrected chi connectivity index (χ0v) is 10.8. The minimum absolute atomic E-state index is 0.420. The van der Waals surface area contributed by atoms with Crippen LogP contribution in [-0.2, 0) is 21.0 Å². The first-order chi connectivity index (χ1) is 7.85. The smallest absolute Gasteiger partial charge is 0.264 e. The van der Waals surface area contributed by atoms with Crippen LogP contribution in [0.3, 0.4) is 0 Å². The van der Waals surface area contributed by atoms with Crippen molar-refractivity contribution < 1.29 is 21.7 Å². The van der Waals surface area contributed by atoms with Gasteiger partial charge in [-0.25, -0.2) is 4.39 Å². The topological polar surface area (TPSA) is 52.6 Å². The van der Waals surface area contributed by atoms with Gasteiger partial charge >= 0.3 is 0 Å². The number of methoxy groups -OCH3 is 1. The van der Waals surface area contributed by atoms with E-state index in [-0.39, 0.29) is 0 Å². The van der Waals surface area contributed by atoms with E-state index in [0.29, 0.717) is 16.9 Å². The number of hydrogen-bond acceptors (Lipinski definition) is 4. The number of benzene rings is 1. The molecule has 17 heavy (non-hydrogen) atoms. The van der Waals surface area contributed by atoms with Gasteiger partial charge in [0, 0.05) is 0 Å². The maximum absolute atomic E-state index is 12.6. The molecule has 0 amide bonds. The van der Waals surface area contributed by atoms with Crippen LogP contribution in [0.2, 0.25) is 0 Å². The zero-order chi connectivity index (χ0) is 13.1. The summed E-state index contributed by atoms with van der Waals surface area (Å²) in [5.74, 6) is 0.471. The van der Waals surface area contributed by atoms with Gasteiger partial charge in [0.05, 0.1) is 19.5 Å². The molecular formula is C11H15FO4S. The van der Waals surface area contributed by atoms with Gasteiger partial charge in [0.2, 0.25) is 0 Å². The normalized spacial score (nSPS) is 13.4. The molecule has 1 aromatic carbocycles. The lowest BCUT2D eigenvalue weighted by molar-refractivity contribution is 0.236. The summed E-state index contributed by atoms with van der Waals surface area (Å²) in [6.45, 7) is 0.938. The molecule has 96 valence electrons. The molecule has 0 radical (unpaired) electrons. The van der Waals surface area contributed by atoms with Crippen LogP contribution in [0.5, 0.6) is 5.75 Å². The van der Waals surface area contributed by atoms with Crippen molar-refractivity contribution in [3.63, 3.8) is 0 Å². The Labute approximate surface area is 100 Å². The summed E-state index contributed by atoms with van der Waals surface area (Å²) < 4.78 is 44.4. The highest BCUT2D eigenvalue weighted by molar-refractivity contribution is 7.86. The van der Waals surface area contributed by atoms with Crippen LogP contribution < -0.4 is 4.74 Å². The van der Waals surface area contributed by atoms with Crippen molar-refractivity contribution in [1.82, 2.24) is 0 Å². The molecule has 0 saturated carbocycles. The molecule has 1 atom stereocenters. The number of alkyl halides is 1. The average molecular weight is 262 g/mol. The van der Waals surface area contributed by atoms with Crippen molar-refractivity contribution >= 4 is 10.1 Å². The van der Waals surface area contributed by atoms with Gasteiger partial charge in [0.15, 0.2) is 0 Å². The Kier molecular flexibility index (Phi) is 4.47. The summed E-state index contributed by atoms with van der Waals surface area (Å²) in [6.07, 6.45) is 0.296. The molecule has 0 aliphatic heterocycles. The second-order valence-electron chi connectivity index (χ2n) is 3.69. The Morgan fingerprint density at radius 1 is 1.35 bits per heavy atom. The fourth-order valence-corrected chi connectivity index (χ4v) is 2.07. The number of ether oxygens (including phenoxy) is 1. The van der Waals surface area contributed by atoms with Crippen LogP contribution in [0, 0.1) is 0 Å². The first kappa shape index (κ1) is 13.9. The minimum atomic E-state index is -3.55. The van der Waals surface area contributed by atoms with Gasteiger partial charge in [-0.05, 0) is 30.2 Å². The molecule has 1 rings (SSSR count). The Bertz CT molecular complexity index is 462. The molecule has 6 heteroatoms. The third-order valence-corrected chi connectivity index (χ3v) is 2.81. The molecule has 0 aliphatic rings. The summed E-state index contributed by atoms with van der Waals surface area (Å²) in [4.78, 5) is 0. The fourth-order valence-electron chi connectivity index (χ4n) is 1.43. The van der Waals surface area contributed by atoms with Gasteiger partial charge in [0.1, 0.15) is 12.4 Å². The standard InChI is InChI=1S/C11H15FO4S/c1-8(16-17(3,13)14)10-4-9(7-12)5-11(6-10)15-2/h4-6,8H,7H2,1-3H3. The van der Waals surface area contributed by atoms with Gasteiger partial charge < -0.3 is 4.74 Å². The van der Waals surface area contributed by atoms with E-state index >= 15 is 0 Å². The SMILES string of the molecule is COc1cc(CF)cc(C(C)OS(C)(=O)=O)c1. The van der Waals surface area contributed by atoms with Crippen LogP contribution in [0.1, 0.15) is 24.2 Å². The van der Waals surface area contributed by atoms with E-state index in [2.05, 4.69) is 0 Å². The van der Waals surface area contributed by atoms with Crippen LogP contribution in [0.4, 0.5) is 4.39 Å². The van der Waals surface area contributed by atoms with Gasteiger partial charge in [-0.1, -0.05) is 6.07 Å². The summed E-state index contributed by atoms with van der Waals surface area (Å²) in [6, 6.07) is 4.73. The Hall–Kier alpha value is -1.14. The lowest BCUT2D eigenvalue weighted by atomic mass is 10.1. The third kappa shape index (κ3) is 4.32. The van der Waals surface area contributed by atoms with Gasteiger partial charge in [-0.3, -0.25) is 4.18 Å². The summed E-state index contributed by atoms with van der Waals surface area (Å²) in [5.41, 5.74) is 0.978. The maximum Gasteiger partial charge on any atom is 0.264 e. The lowest BCUT2D eigenvalue weighted by Crippen LogP contribution is -2.08. The predicted molar refractivity (Wildman–Crippen MR) is 62.1 cm³/mol. The second-order valence-corrected chi connectivity index (χ2v) is 5.29. The maximum atomic E-state index is 12.6. The first-order valence-electron chi connectivity index (χ1n) is 4.98. The minimum Gasteiger partial charge on any atom is -0.497 e. The van der Waals surface area contributed by atoms with Crippen molar-refractivity contribution in [3.8, 4) is 5.75 Å². The summed E-state index contributed by atoms with van der Waals surface area (Å²) >= 11 is 0. The zero-order valence-electron chi connectivity index (χ0n) is 9.94. The van der Waals surface area contributed by atoms with E-state index in [4.69, 9.17) is 8.92 Å². The number of rotatable bonds is 5. The van der Waals surface area contributed by atoms with Crippen molar-refractivity contribution in [2.75, 3.05) is 13.4 Å². The van der Waals surface area contributed by atoms with Crippen LogP contribution >= 0.6 is 0 Å². The molecule has 0 aliphatic carbocycles. The van der Waals surface area contributed by atoms with E-state index in [9.17, 15) is 12.8 Å². The van der Waals surface area contributed by atoms with Crippen molar-refractivity contribution in [1.29, 1.82) is 0 Å². The highest BCUT2D eigenvalue weighted by Crippen LogP contribution is 2.25. The van der Waals surface area contributed by atoms with Crippen LogP contribution in [0.25, 0.3) is 0 Å². The third-order valence-electron chi connectivity index (χ3n) is 2.17. The van der Waals surface area contributed by atoms with E-state index < -0.39 is 22.9 Å². The second kappa shape index (κ2) is 5.46. The summed E-state index contributed by atoms with van der Waals surface area (Å²) in [7, 11) is -2.08. The molecule has 0 saturated heterocycles. The molecule has 1 aromatic rings. The van der Waals surface area contributed by atoms with Gasteiger partial charge in [0.25, 0.3) is 10.1 Å². The van der Waals surface area contributed by atoms with Crippen molar-refractivity contribution in [2.24, 2.45) is 0 Å². The Morgan fingerprint density at radius 3 is 2.47 bits per heavy atom.